The molecule has 2 aromatic carbocycles. The van der Waals surface area contributed by atoms with Gasteiger partial charge in [0.1, 0.15) is 6.61 Å². The summed E-state index contributed by atoms with van der Waals surface area (Å²) in [6.45, 7) is 4.92. The van der Waals surface area contributed by atoms with E-state index in [1.54, 1.807) is 18.3 Å². The van der Waals surface area contributed by atoms with E-state index in [1.165, 1.54) is 0 Å². The van der Waals surface area contributed by atoms with Crippen molar-refractivity contribution in [1.29, 1.82) is 0 Å². The lowest BCUT2D eigenvalue weighted by Gasteiger charge is -2.16. The van der Waals surface area contributed by atoms with Crippen LogP contribution < -0.4 is 19.5 Å². The smallest absolute Gasteiger partial charge is 0.213 e. The van der Waals surface area contributed by atoms with Crippen molar-refractivity contribution in [3.05, 3.63) is 80.4 Å². The van der Waals surface area contributed by atoms with E-state index in [0.717, 1.165) is 28.6 Å². The SMILES string of the molecule is CCOc1cc(CNCCCOc2ccccn2)cc(Br)c1OCc1ccc(Cl)cc1Cl. The highest BCUT2D eigenvalue weighted by Crippen LogP contribution is 2.38. The summed E-state index contributed by atoms with van der Waals surface area (Å²) >= 11 is 15.9. The van der Waals surface area contributed by atoms with Crippen molar-refractivity contribution in [2.45, 2.75) is 26.5 Å². The summed E-state index contributed by atoms with van der Waals surface area (Å²) in [4.78, 5) is 4.15. The van der Waals surface area contributed by atoms with E-state index in [1.807, 2.05) is 43.3 Å². The topological polar surface area (TPSA) is 52.6 Å². The number of hydrogen-bond donors (Lipinski definition) is 1. The molecule has 0 radical (unpaired) electrons. The van der Waals surface area contributed by atoms with Gasteiger partial charge in [-0.25, -0.2) is 4.98 Å². The molecule has 0 aliphatic heterocycles. The third kappa shape index (κ3) is 7.55. The number of halogens is 3. The molecule has 3 rings (SSSR count). The van der Waals surface area contributed by atoms with E-state index in [0.29, 0.717) is 53.8 Å². The Labute approximate surface area is 207 Å². The average Bonchev–Trinajstić information content (AvgIpc) is 2.77. The number of nitrogens with zero attached hydrogens (tertiary/aromatic N) is 1. The molecule has 0 atom stereocenters. The van der Waals surface area contributed by atoms with E-state index in [-0.39, 0.29) is 0 Å². The summed E-state index contributed by atoms with van der Waals surface area (Å²) in [6.07, 6.45) is 2.60. The molecule has 0 saturated carbocycles. The van der Waals surface area contributed by atoms with Crippen LogP contribution >= 0.6 is 39.1 Å². The lowest BCUT2D eigenvalue weighted by molar-refractivity contribution is 0.267. The molecule has 0 fully saturated rings. The van der Waals surface area contributed by atoms with Crippen LogP contribution in [0.5, 0.6) is 17.4 Å². The summed E-state index contributed by atoms with van der Waals surface area (Å²) < 4.78 is 18.3. The van der Waals surface area contributed by atoms with Crippen molar-refractivity contribution in [3.63, 3.8) is 0 Å². The molecule has 0 bridgehead atoms. The minimum absolute atomic E-state index is 0.308. The number of aromatic nitrogens is 1. The van der Waals surface area contributed by atoms with Gasteiger partial charge in [0, 0.05) is 34.4 Å². The Hall–Kier alpha value is -1.99. The van der Waals surface area contributed by atoms with Crippen LogP contribution in [0.15, 0.2) is 59.2 Å². The fraction of sp³-hybridized carbons (Fsp3) is 0.292. The summed E-state index contributed by atoms with van der Waals surface area (Å²) in [6, 6.07) is 15.0. The molecule has 1 N–H and O–H groups in total. The lowest BCUT2D eigenvalue weighted by atomic mass is 10.2. The highest BCUT2D eigenvalue weighted by atomic mass is 79.9. The van der Waals surface area contributed by atoms with Crippen LogP contribution in [-0.4, -0.2) is 24.7 Å². The van der Waals surface area contributed by atoms with Gasteiger partial charge < -0.3 is 19.5 Å². The second kappa shape index (κ2) is 12.9. The van der Waals surface area contributed by atoms with Crippen molar-refractivity contribution in [2.24, 2.45) is 0 Å². The Morgan fingerprint density at radius 2 is 1.91 bits per heavy atom. The molecule has 1 aromatic heterocycles. The first-order valence-electron chi connectivity index (χ1n) is 10.3. The summed E-state index contributed by atoms with van der Waals surface area (Å²) in [5.41, 5.74) is 1.94. The van der Waals surface area contributed by atoms with E-state index >= 15 is 0 Å². The molecule has 170 valence electrons. The van der Waals surface area contributed by atoms with Gasteiger partial charge in [-0.1, -0.05) is 35.3 Å². The molecule has 0 spiro atoms. The summed E-state index contributed by atoms with van der Waals surface area (Å²) in [5, 5.41) is 4.59. The number of benzene rings is 2. The molecule has 32 heavy (non-hydrogen) atoms. The predicted molar refractivity (Wildman–Crippen MR) is 132 cm³/mol. The van der Waals surface area contributed by atoms with Gasteiger partial charge in [-0.05, 0) is 71.7 Å². The summed E-state index contributed by atoms with van der Waals surface area (Å²) in [7, 11) is 0. The summed E-state index contributed by atoms with van der Waals surface area (Å²) in [5.74, 6) is 1.97. The first-order chi connectivity index (χ1) is 15.6. The van der Waals surface area contributed by atoms with Crippen LogP contribution in [0.1, 0.15) is 24.5 Å². The van der Waals surface area contributed by atoms with Gasteiger partial charge in [-0.2, -0.15) is 0 Å². The van der Waals surface area contributed by atoms with Gasteiger partial charge in [-0.15, -0.1) is 0 Å². The first-order valence-corrected chi connectivity index (χ1v) is 11.9. The molecule has 8 heteroatoms. The molecular weight excluding hydrogens is 515 g/mol. The molecular formula is C24H25BrCl2N2O3. The zero-order valence-corrected chi connectivity index (χ0v) is 20.8. The van der Waals surface area contributed by atoms with Gasteiger partial charge in [0.25, 0.3) is 0 Å². The van der Waals surface area contributed by atoms with Crippen molar-refractivity contribution in [3.8, 4) is 17.4 Å². The average molecular weight is 540 g/mol. The maximum Gasteiger partial charge on any atom is 0.213 e. The maximum atomic E-state index is 6.26. The third-order valence-electron chi connectivity index (χ3n) is 4.47. The predicted octanol–water partition coefficient (Wildman–Crippen LogP) is 6.69. The van der Waals surface area contributed by atoms with Crippen molar-refractivity contribution in [2.75, 3.05) is 19.8 Å². The van der Waals surface area contributed by atoms with Gasteiger partial charge in [0.05, 0.1) is 17.7 Å². The molecule has 0 amide bonds. The van der Waals surface area contributed by atoms with Crippen LogP contribution in [0.2, 0.25) is 10.0 Å². The van der Waals surface area contributed by atoms with E-state index < -0.39 is 0 Å². The Morgan fingerprint density at radius 3 is 2.66 bits per heavy atom. The Balaban J connectivity index is 1.53. The first kappa shape index (κ1) is 24.6. The van der Waals surface area contributed by atoms with E-state index in [2.05, 4.69) is 26.2 Å². The Kier molecular flexibility index (Phi) is 9.93. The zero-order chi connectivity index (χ0) is 22.8. The molecule has 0 saturated heterocycles. The monoisotopic (exact) mass is 538 g/mol. The van der Waals surface area contributed by atoms with Crippen LogP contribution in [0, 0.1) is 0 Å². The van der Waals surface area contributed by atoms with Crippen molar-refractivity contribution < 1.29 is 14.2 Å². The van der Waals surface area contributed by atoms with Gasteiger partial charge in [-0.3, -0.25) is 0 Å². The van der Waals surface area contributed by atoms with Gasteiger partial charge in [0.15, 0.2) is 11.5 Å². The van der Waals surface area contributed by atoms with Crippen LogP contribution in [0.25, 0.3) is 0 Å². The normalized spacial score (nSPS) is 10.8. The van der Waals surface area contributed by atoms with E-state index in [9.17, 15) is 0 Å². The highest BCUT2D eigenvalue weighted by molar-refractivity contribution is 9.10. The Morgan fingerprint density at radius 1 is 1.03 bits per heavy atom. The number of nitrogens with one attached hydrogen (secondary N) is 1. The molecule has 1 heterocycles. The van der Waals surface area contributed by atoms with Crippen molar-refractivity contribution >= 4 is 39.1 Å². The highest BCUT2D eigenvalue weighted by Gasteiger charge is 2.13. The maximum absolute atomic E-state index is 6.26. The van der Waals surface area contributed by atoms with Crippen molar-refractivity contribution in [1.82, 2.24) is 10.3 Å². The minimum Gasteiger partial charge on any atom is -0.490 e. The fourth-order valence-corrected chi connectivity index (χ4v) is 4.02. The molecule has 5 nitrogen and oxygen atoms in total. The largest absolute Gasteiger partial charge is 0.490 e. The standard InChI is InChI=1S/C24H25BrCl2N2O3/c1-2-30-22-13-17(15-28-9-5-11-31-23-6-3-4-10-29-23)12-20(25)24(22)32-16-18-7-8-19(26)14-21(18)27/h3-4,6-8,10,12-14,28H,2,5,9,11,15-16H2,1H3. The molecule has 0 aliphatic carbocycles. The lowest BCUT2D eigenvalue weighted by Crippen LogP contribution is -2.17. The fourth-order valence-electron chi connectivity index (χ4n) is 2.95. The van der Waals surface area contributed by atoms with Crippen LogP contribution in [-0.2, 0) is 13.2 Å². The van der Waals surface area contributed by atoms with E-state index in [4.69, 9.17) is 37.4 Å². The minimum atomic E-state index is 0.308. The molecule has 0 unspecified atom stereocenters. The number of ether oxygens (including phenoxy) is 3. The number of pyridine rings is 1. The van der Waals surface area contributed by atoms with Gasteiger partial charge >= 0.3 is 0 Å². The molecule has 3 aromatic rings. The number of hydrogen-bond acceptors (Lipinski definition) is 5. The van der Waals surface area contributed by atoms with Crippen LogP contribution in [0.4, 0.5) is 0 Å². The quantitative estimate of drug-likeness (QED) is 0.260. The zero-order valence-electron chi connectivity index (χ0n) is 17.7. The molecule has 0 aliphatic rings. The number of rotatable bonds is 12. The Bertz CT molecular complexity index is 1010. The van der Waals surface area contributed by atoms with Crippen LogP contribution in [0.3, 0.4) is 0 Å². The second-order valence-electron chi connectivity index (χ2n) is 6.91. The van der Waals surface area contributed by atoms with Gasteiger partial charge in [0.2, 0.25) is 5.88 Å². The second-order valence-corrected chi connectivity index (χ2v) is 8.61. The third-order valence-corrected chi connectivity index (χ3v) is 5.65.